The van der Waals surface area contributed by atoms with Crippen LogP contribution >= 0.6 is 11.6 Å². The van der Waals surface area contributed by atoms with Crippen molar-refractivity contribution in [1.82, 2.24) is 10.2 Å². The number of carbonyl (C=O) groups excluding carboxylic acids is 2. The Bertz CT molecular complexity index is 489. The number of rotatable bonds is 4. The molecule has 0 saturated carbocycles. The Hall–Kier alpha value is -1.59. The summed E-state index contributed by atoms with van der Waals surface area (Å²) in [6.07, 6.45) is 0. The second-order valence-corrected chi connectivity index (χ2v) is 4.83. The first-order chi connectivity index (χ1) is 8.86. The van der Waals surface area contributed by atoms with E-state index < -0.39 is 0 Å². The molecular formula is C13H18ClN3O2. The molecule has 0 fully saturated rings. The normalized spacial score (nSPS) is 11.8. The summed E-state index contributed by atoms with van der Waals surface area (Å²) in [4.78, 5) is 25.3. The Morgan fingerprint density at radius 2 is 1.95 bits per heavy atom. The van der Waals surface area contributed by atoms with Crippen LogP contribution in [0.2, 0.25) is 5.02 Å². The van der Waals surface area contributed by atoms with E-state index in [0.717, 1.165) is 0 Å². The summed E-state index contributed by atoms with van der Waals surface area (Å²) >= 11 is 5.91. The molecule has 19 heavy (non-hydrogen) atoms. The molecule has 1 rings (SSSR count). The highest BCUT2D eigenvalue weighted by atomic mass is 35.5. The molecule has 1 unspecified atom stereocenters. The van der Waals surface area contributed by atoms with E-state index in [1.54, 1.807) is 46.3 Å². The standard InChI is InChI=1S/C13H18ClN3O2/c1-8(15-2)12(18)16-11-7-9(14)5-6-10(11)13(19)17(3)4/h5-8,15H,1-4H3,(H,16,18). The molecule has 0 aliphatic carbocycles. The molecular weight excluding hydrogens is 266 g/mol. The number of halogens is 1. The summed E-state index contributed by atoms with van der Waals surface area (Å²) in [6, 6.07) is 4.43. The fourth-order valence-corrected chi connectivity index (χ4v) is 1.59. The molecule has 104 valence electrons. The molecule has 0 aliphatic heterocycles. The summed E-state index contributed by atoms with van der Waals surface area (Å²) in [6.45, 7) is 1.73. The van der Waals surface area contributed by atoms with Gasteiger partial charge in [-0.25, -0.2) is 0 Å². The highest BCUT2D eigenvalue weighted by Gasteiger charge is 2.17. The minimum absolute atomic E-state index is 0.191. The quantitative estimate of drug-likeness (QED) is 0.882. The van der Waals surface area contributed by atoms with Gasteiger partial charge in [0.2, 0.25) is 5.91 Å². The molecule has 0 bridgehead atoms. The highest BCUT2D eigenvalue weighted by Crippen LogP contribution is 2.22. The van der Waals surface area contributed by atoms with E-state index >= 15 is 0 Å². The molecule has 0 aromatic heterocycles. The number of amides is 2. The zero-order valence-electron chi connectivity index (χ0n) is 11.5. The number of hydrogen-bond donors (Lipinski definition) is 2. The van der Waals surface area contributed by atoms with Gasteiger partial charge in [-0.2, -0.15) is 0 Å². The fourth-order valence-electron chi connectivity index (χ4n) is 1.42. The van der Waals surface area contributed by atoms with Gasteiger partial charge in [0.25, 0.3) is 5.91 Å². The predicted molar refractivity (Wildman–Crippen MR) is 76.6 cm³/mol. The topological polar surface area (TPSA) is 61.4 Å². The maximum Gasteiger partial charge on any atom is 0.255 e. The number of carbonyl (C=O) groups is 2. The Balaban J connectivity index is 3.08. The average molecular weight is 284 g/mol. The molecule has 0 heterocycles. The van der Waals surface area contributed by atoms with E-state index in [1.807, 2.05) is 0 Å². The van der Waals surface area contributed by atoms with E-state index in [2.05, 4.69) is 10.6 Å². The van der Waals surface area contributed by atoms with Gasteiger partial charge in [-0.15, -0.1) is 0 Å². The number of benzene rings is 1. The zero-order valence-corrected chi connectivity index (χ0v) is 12.2. The Morgan fingerprint density at radius 3 is 2.47 bits per heavy atom. The lowest BCUT2D eigenvalue weighted by molar-refractivity contribution is -0.117. The van der Waals surface area contributed by atoms with Crippen molar-refractivity contribution in [3.63, 3.8) is 0 Å². The van der Waals surface area contributed by atoms with E-state index in [1.165, 1.54) is 4.90 Å². The van der Waals surface area contributed by atoms with Crippen LogP contribution < -0.4 is 10.6 Å². The minimum atomic E-state index is -0.360. The van der Waals surface area contributed by atoms with Gasteiger partial charge in [0.1, 0.15) is 0 Å². The van der Waals surface area contributed by atoms with Crippen molar-refractivity contribution in [3.05, 3.63) is 28.8 Å². The summed E-state index contributed by atoms with van der Waals surface area (Å²) in [5.41, 5.74) is 0.823. The van der Waals surface area contributed by atoms with Crippen molar-refractivity contribution >= 4 is 29.1 Å². The van der Waals surface area contributed by atoms with Gasteiger partial charge in [-0.05, 0) is 32.2 Å². The Labute approximate surface area is 117 Å². The third kappa shape index (κ3) is 3.94. The van der Waals surface area contributed by atoms with Crippen molar-refractivity contribution < 1.29 is 9.59 Å². The van der Waals surface area contributed by atoms with Gasteiger partial charge < -0.3 is 15.5 Å². The first-order valence-electron chi connectivity index (χ1n) is 5.86. The van der Waals surface area contributed by atoms with Gasteiger partial charge in [-0.3, -0.25) is 9.59 Å². The Kier molecular flexibility index (Phi) is 5.32. The van der Waals surface area contributed by atoms with Gasteiger partial charge >= 0.3 is 0 Å². The second kappa shape index (κ2) is 6.54. The van der Waals surface area contributed by atoms with Gasteiger partial charge in [-0.1, -0.05) is 11.6 Å². The first-order valence-corrected chi connectivity index (χ1v) is 6.24. The van der Waals surface area contributed by atoms with Crippen molar-refractivity contribution in [1.29, 1.82) is 0 Å². The van der Waals surface area contributed by atoms with Crippen LogP contribution in [-0.4, -0.2) is 43.9 Å². The Morgan fingerprint density at radius 1 is 1.32 bits per heavy atom. The largest absolute Gasteiger partial charge is 0.345 e. The van der Waals surface area contributed by atoms with Crippen LogP contribution in [0.25, 0.3) is 0 Å². The van der Waals surface area contributed by atoms with E-state index in [-0.39, 0.29) is 17.9 Å². The second-order valence-electron chi connectivity index (χ2n) is 4.39. The lowest BCUT2D eigenvalue weighted by atomic mass is 10.1. The molecule has 6 heteroatoms. The van der Waals surface area contributed by atoms with Crippen LogP contribution in [0.15, 0.2) is 18.2 Å². The lowest BCUT2D eigenvalue weighted by Crippen LogP contribution is -2.36. The number of likely N-dealkylation sites (N-methyl/N-ethyl adjacent to an activating group) is 1. The summed E-state index contributed by atoms with van der Waals surface area (Å²) < 4.78 is 0. The molecule has 5 nitrogen and oxygen atoms in total. The summed E-state index contributed by atoms with van der Waals surface area (Å²) in [5.74, 6) is -0.415. The van der Waals surface area contributed by atoms with Gasteiger partial charge in [0, 0.05) is 19.1 Å². The smallest absolute Gasteiger partial charge is 0.255 e. The minimum Gasteiger partial charge on any atom is -0.345 e. The summed E-state index contributed by atoms with van der Waals surface area (Å²) in [7, 11) is 4.99. The molecule has 1 aromatic carbocycles. The summed E-state index contributed by atoms with van der Waals surface area (Å²) in [5, 5.41) is 6.00. The van der Waals surface area contributed by atoms with Crippen molar-refractivity contribution in [3.8, 4) is 0 Å². The van der Waals surface area contributed by atoms with E-state index in [9.17, 15) is 9.59 Å². The number of anilines is 1. The highest BCUT2D eigenvalue weighted by molar-refractivity contribution is 6.31. The molecule has 0 saturated heterocycles. The maximum absolute atomic E-state index is 12.0. The molecule has 0 radical (unpaired) electrons. The van der Waals surface area contributed by atoms with Crippen molar-refractivity contribution in [2.75, 3.05) is 26.5 Å². The van der Waals surface area contributed by atoms with Crippen LogP contribution in [0.4, 0.5) is 5.69 Å². The number of nitrogens with zero attached hydrogens (tertiary/aromatic N) is 1. The molecule has 2 N–H and O–H groups in total. The fraction of sp³-hybridized carbons (Fsp3) is 0.385. The molecule has 0 aliphatic rings. The first kappa shape index (κ1) is 15.5. The van der Waals surface area contributed by atoms with Crippen LogP contribution in [0.3, 0.4) is 0 Å². The molecule has 1 atom stereocenters. The number of nitrogens with one attached hydrogen (secondary N) is 2. The molecule has 0 spiro atoms. The third-order valence-corrected chi connectivity index (χ3v) is 2.94. The van der Waals surface area contributed by atoms with E-state index in [0.29, 0.717) is 16.3 Å². The molecule has 1 aromatic rings. The predicted octanol–water partition coefficient (Wildman–Crippen LogP) is 1.59. The SMILES string of the molecule is CNC(C)C(=O)Nc1cc(Cl)ccc1C(=O)N(C)C. The lowest BCUT2D eigenvalue weighted by Gasteiger charge is -2.17. The zero-order chi connectivity index (χ0) is 14.6. The van der Waals surface area contributed by atoms with Crippen LogP contribution in [0.5, 0.6) is 0 Å². The maximum atomic E-state index is 12.0. The van der Waals surface area contributed by atoms with Gasteiger partial charge in [0.15, 0.2) is 0 Å². The van der Waals surface area contributed by atoms with Crippen LogP contribution in [0.1, 0.15) is 17.3 Å². The third-order valence-electron chi connectivity index (χ3n) is 2.70. The van der Waals surface area contributed by atoms with Crippen molar-refractivity contribution in [2.24, 2.45) is 0 Å². The molecule has 2 amide bonds. The van der Waals surface area contributed by atoms with Gasteiger partial charge in [0.05, 0.1) is 17.3 Å². The van der Waals surface area contributed by atoms with E-state index in [4.69, 9.17) is 11.6 Å². The monoisotopic (exact) mass is 283 g/mol. The van der Waals surface area contributed by atoms with Crippen LogP contribution in [-0.2, 0) is 4.79 Å². The average Bonchev–Trinajstić information content (AvgIpc) is 2.37. The number of hydrogen-bond acceptors (Lipinski definition) is 3. The van der Waals surface area contributed by atoms with Crippen LogP contribution in [0, 0.1) is 0 Å². The van der Waals surface area contributed by atoms with Crippen molar-refractivity contribution in [2.45, 2.75) is 13.0 Å².